The molecule has 3 aliphatic heterocycles. The lowest BCUT2D eigenvalue weighted by molar-refractivity contribution is -0.149. The molecule has 4 rings (SSSR count). The first kappa shape index (κ1) is 17.6. The molecular formula is C18H25FN4O3. The number of carbonyl (C=O) groups excluding carboxylic acids is 1. The highest BCUT2D eigenvalue weighted by Crippen LogP contribution is 2.41. The molecule has 1 aromatic heterocycles. The standard InChI is InChI=1S/C18H25FN4O3/c1-22(2)16-20-9-13-10-26-12-17(14(13)21-16)3-6-23(11-17)15(24)18(19)4-7-25-8-5-18/h9H,3-8,10-12H2,1-2H3/t17-/m0/s1. The molecule has 2 fully saturated rings. The third-order valence-corrected chi connectivity index (χ3v) is 5.70. The van der Waals surface area contributed by atoms with E-state index < -0.39 is 11.6 Å². The number of nitrogens with zero attached hydrogens (tertiary/aromatic N) is 4. The number of carbonyl (C=O) groups is 1. The SMILES string of the molecule is CN(C)c1ncc2c(n1)[C@]1(CCN(C(=O)C3(F)CCOCC3)C1)COC2. The van der Waals surface area contributed by atoms with Crippen LogP contribution >= 0.6 is 0 Å². The minimum absolute atomic E-state index is 0.134. The van der Waals surface area contributed by atoms with E-state index in [2.05, 4.69) is 4.98 Å². The highest BCUT2D eigenvalue weighted by atomic mass is 19.1. The molecule has 0 aliphatic carbocycles. The molecule has 8 heteroatoms. The number of anilines is 1. The highest BCUT2D eigenvalue weighted by Gasteiger charge is 2.51. The van der Waals surface area contributed by atoms with Crippen molar-refractivity contribution in [3.05, 3.63) is 17.5 Å². The minimum Gasteiger partial charge on any atom is -0.381 e. The Kier molecular flexibility index (Phi) is 4.35. The van der Waals surface area contributed by atoms with Gasteiger partial charge in [0.15, 0.2) is 5.67 Å². The monoisotopic (exact) mass is 364 g/mol. The van der Waals surface area contributed by atoms with Gasteiger partial charge in [0.25, 0.3) is 5.91 Å². The molecular weight excluding hydrogens is 339 g/mol. The number of ether oxygens (including phenoxy) is 2. The molecule has 1 spiro atoms. The van der Waals surface area contributed by atoms with Crippen LogP contribution in [-0.4, -0.2) is 73.4 Å². The van der Waals surface area contributed by atoms with Crippen LogP contribution in [0.1, 0.15) is 30.5 Å². The summed E-state index contributed by atoms with van der Waals surface area (Å²) in [5, 5.41) is 0. The summed E-state index contributed by atoms with van der Waals surface area (Å²) in [6, 6.07) is 0. The van der Waals surface area contributed by atoms with Crippen LogP contribution in [0.2, 0.25) is 0 Å². The van der Waals surface area contributed by atoms with E-state index in [1.165, 1.54) is 0 Å². The van der Waals surface area contributed by atoms with Gasteiger partial charge in [-0.25, -0.2) is 14.4 Å². The Morgan fingerprint density at radius 1 is 1.27 bits per heavy atom. The van der Waals surface area contributed by atoms with Crippen LogP contribution in [0.3, 0.4) is 0 Å². The van der Waals surface area contributed by atoms with Gasteiger partial charge in [-0.05, 0) is 6.42 Å². The molecule has 0 unspecified atom stereocenters. The number of rotatable bonds is 2. The maximum absolute atomic E-state index is 15.1. The molecule has 4 heterocycles. The third-order valence-electron chi connectivity index (χ3n) is 5.70. The fourth-order valence-electron chi connectivity index (χ4n) is 4.15. The van der Waals surface area contributed by atoms with Crippen molar-refractivity contribution in [2.24, 2.45) is 0 Å². The predicted octanol–water partition coefficient (Wildman–Crippen LogP) is 1.06. The molecule has 1 aromatic rings. The first-order chi connectivity index (χ1) is 12.4. The lowest BCUT2D eigenvalue weighted by Gasteiger charge is -2.36. The topological polar surface area (TPSA) is 67.8 Å². The van der Waals surface area contributed by atoms with Gasteiger partial charge >= 0.3 is 0 Å². The number of amides is 1. The molecule has 1 amide bonds. The van der Waals surface area contributed by atoms with E-state index in [-0.39, 0.29) is 18.3 Å². The van der Waals surface area contributed by atoms with Crippen molar-refractivity contribution < 1.29 is 18.7 Å². The Hall–Kier alpha value is -1.80. The number of likely N-dealkylation sites (tertiary alicyclic amines) is 1. The summed E-state index contributed by atoms with van der Waals surface area (Å²) in [6.07, 6.45) is 2.80. The number of fused-ring (bicyclic) bond motifs is 2. The van der Waals surface area contributed by atoms with E-state index in [0.717, 1.165) is 17.7 Å². The summed E-state index contributed by atoms with van der Waals surface area (Å²) in [5.74, 6) is 0.230. The zero-order valence-corrected chi connectivity index (χ0v) is 15.3. The van der Waals surface area contributed by atoms with Crippen molar-refractivity contribution >= 4 is 11.9 Å². The molecule has 2 saturated heterocycles. The molecule has 142 valence electrons. The van der Waals surface area contributed by atoms with E-state index in [1.807, 2.05) is 19.0 Å². The largest absolute Gasteiger partial charge is 0.381 e. The molecule has 26 heavy (non-hydrogen) atoms. The van der Waals surface area contributed by atoms with Crippen molar-refractivity contribution in [2.45, 2.75) is 37.0 Å². The third kappa shape index (κ3) is 2.85. The van der Waals surface area contributed by atoms with Crippen LogP contribution in [0.5, 0.6) is 0 Å². The van der Waals surface area contributed by atoms with Gasteiger partial charge in [-0.1, -0.05) is 0 Å². The summed E-state index contributed by atoms with van der Waals surface area (Å²) >= 11 is 0. The van der Waals surface area contributed by atoms with Crippen molar-refractivity contribution in [3.8, 4) is 0 Å². The van der Waals surface area contributed by atoms with Gasteiger partial charge in [-0.2, -0.15) is 0 Å². The zero-order valence-electron chi connectivity index (χ0n) is 15.3. The van der Waals surface area contributed by atoms with Gasteiger partial charge in [0, 0.05) is 51.8 Å². The Morgan fingerprint density at radius 3 is 2.77 bits per heavy atom. The number of hydrogen-bond acceptors (Lipinski definition) is 6. The van der Waals surface area contributed by atoms with Gasteiger partial charge in [0.2, 0.25) is 5.95 Å². The summed E-state index contributed by atoms with van der Waals surface area (Å²) < 4.78 is 26.1. The van der Waals surface area contributed by atoms with Gasteiger partial charge in [-0.3, -0.25) is 4.79 Å². The Balaban J connectivity index is 1.60. The number of halogens is 1. The van der Waals surface area contributed by atoms with Gasteiger partial charge < -0.3 is 19.3 Å². The van der Waals surface area contributed by atoms with Crippen LogP contribution in [0.25, 0.3) is 0 Å². The lowest BCUT2D eigenvalue weighted by Crippen LogP contribution is -2.50. The van der Waals surface area contributed by atoms with E-state index >= 15 is 4.39 Å². The maximum Gasteiger partial charge on any atom is 0.260 e. The first-order valence-electron chi connectivity index (χ1n) is 9.11. The van der Waals surface area contributed by atoms with Crippen LogP contribution < -0.4 is 4.90 Å². The van der Waals surface area contributed by atoms with Crippen molar-refractivity contribution in [1.82, 2.24) is 14.9 Å². The quantitative estimate of drug-likeness (QED) is 0.782. The van der Waals surface area contributed by atoms with Crippen LogP contribution in [0.15, 0.2) is 6.20 Å². The number of aromatic nitrogens is 2. The molecule has 0 aromatic carbocycles. The summed E-state index contributed by atoms with van der Waals surface area (Å²) in [5.41, 5.74) is -0.282. The summed E-state index contributed by atoms with van der Waals surface area (Å²) in [6.45, 7) is 2.53. The van der Waals surface area contributed by atoms with Crippen molar-refractivity contribution in [3.63, 3.8) is 0 Å². The summed E-state index contributed by atoms with van der Waals surface area (Å²) in [4.78, 5) is 25.5. The first-order valence-corrected chi connectivity index (χ1v) is 9.11. The average molecular weight is 364 g/mol. The molecule has 3 aliphatic rings. The average Bonchev–Trinajstić information content (AvgIpc) is 3.06. The molecule has 0 saturated carbocycles. The van der Waals surface area contributed by atoms with Gasteiger partial charge in [0.1, 0.15) is 0 Å². The molecule has 1 atom stereocenters. The lowest BCUT2D eigenvalue weighted by atomic mass is 9.80. The minimum atomic E-state index is -1.80. The van der Waals surface area contributed by atoms with Crippen LogP contribution in [-0.2, 0) is 26.3 Å². The van der Waals surface area contributed by atoms with E-state index in [1.54, 1.807) is 11.1 Å². The van der Waals surface area contributed by atoms with Crippen LogP contribution in [0.4, 0.5) is 10.3 Å². The Bertz CT molecular complexity index is 708. The van der Waals surface area contributed by atoms with E-state index in [0.29, 0.717) is 45.5 Å². The van der Waals surface area contributed by atoms with Gasteiger partial charge in [-0.15, -0.1) is 0 Å². The van der Waals surface area contributed by atoms with Crippen molar-refractivity contribution in [2.75, 3.05) is 51.9 Å². The molecule has 0 radical (unpaired) electrons. The smallest absolute Gasteiger partial charge is 0.260 e. The highest BCUT2D eigenvalue weighted by molar-refractivity contribution is 5.85. The zero-order chi connectivity index (χ0) is 18.4. The van der Waals surface area contributed by atoms with E-state index in [9.17, 15) is 4.79 Å². The number of alkyl halides is 1. The molecule has 0 N–H and O–H groups in total. The summed E-state index contributed by atoms with van der Waals surface area (Å²) in [7, 11) is 3.80. The van der Waals surface area contributed by atoms with Gasteiger partial charge in [0.05, 0.1) is 37.5 Å². The second-order valence-electron chi connectivity index (χ2n) is 7.77. The molecule has 0 bridgehead atoms. The Labute approximate surface area is 152 Å². The second-order valence-corrected chi connectivity index (χ2v) is 7.77. The number of hydrogen-bond donors (Lipinski definition) is 0. The fourth-order valence-corrected chi connectivity index (χ4v) is 4.15. The maximum atomic E-state index is 15.1. The predicted molar refractivity (Wildman–Crippen MR) is 92.8 cm³/mol. The second kappa shape index (κ2) is 6.42. The molecule has 7 nitrogen and oxygen atoms in total. The normalized spacial score (nSPS) is 27.4. The van der Waals surface area contributed by atoms with Crippen LogP contribution in [0, 0.1) is 0 Å². The fraction of sp³-hybridized carbons (Fsp3) is 0.722. The van der Waals surface area contributed by atoms with E-state index in [4.69, 9.17) is 14.5 Å². The van der Waals surface area contributed by atoms with Crippen molar-refractivity contribution in [1.29, 1.82) is 0 Å². The Morgan fingerprint density at radius 2 is 2.04 bits per heavy atom.